The molecule has 12 nitrogen and oxygen atoms in total. The Kier molecular flexibility index (Phi) is 12.5. The van der Waals surface area contributed by atoms with Crippen molar-refractivity contribution in [3.63, 3.8) is 0 Å². The summed E-state index contributed by atoms with van der Waals surface area (Å²) in [5.74, 6) is -5.79. The monoisotopic (exact) mass is 781 g/mol. The Hall–Kier alpha value is -5.51. The highest BCUT2D eigenvalue weighted by atomic mass is 32.2. The first-order chi connectivity index (χ1) is 26.0. The Morgan fingerprint density at radius 1 is 0.964 bits per heavy atom. The summed E-state index contributed by atoms with van der Waals surface area (Å²) in [6, 6.07) is 11.6. The molecule has 4 atom stereocenters. The van der Waals surface area contributed by atoms with Gasteiger partial charge in [-0.1, -0.05) is 35.4 Å². The maximum atomic E-state index is 15.7. The third kappa shape index (κ3) is 9.79. The van der Waals surface area contributed by atoms with Gasteiger partial charge in [-0.05, 0) is 93.6 Å². The van der Waals surface area contributed by atoms with E-state index in [9.17, 15) is 36.7 Å². The zero-order valence-electron chi connectivity index (χ0n) is 30.4. The van der Waals surface area contributed by atoms with Crippen LogP contribution in [0.1, 0.15) is 56.7 Å². The number of azide groups is 1. The number of piperazine rings is 1. The van der Waals surface area contributed by atoms with E-state index in [1.165, 1.54) is 33.5 Å². The van der Waals surface area contributed by atoms with Gasteiger partial charge in [0.15, 0.2) is 0 Å². The van der Waals surface area contributed by atoms with Crippen molar-refractivity contribution in [2.24, 2.45) is 5.11 Å². The molecule has 290 valence electrons. The number of benzene rings is 3. The van der Waals surface area contributed by atoms with Crippen molar-refractivity contribution in [1.29, 1.82) is 0 Å². The number of sulfonamides is 1. The quantitative estimate of drug-likeness (QED) is 0.0711. The normalized spacial score (nSPS) is 17.5. The minimum atomic E-state index is -4.12. The Bertz CT molecular complexity index is 2160. The van der Waals surface area contributed by atoms with Crippen LogP contribution in [-0.4, -0.2) is 71.4 Å². The molecule has 1 saturated heterocycles. The lowest BCUT2D eigenvalue weighted by molar-refractivity contribution is -0.117. The van der Waals surface area contributed by atoms with Gasteiger partial charge in [0.25, 0.3) is 0 Å². The number of pyridine rings is 1. The fourth-order valence-corrected chi connectivity index (χ4v) is 8.51. The number of rotatable bonds is 11. The number of amides is 2. The number of aromatic nitrogens is 1. The van der Waals surface area contributed by atoms with Crippen molar-refractivity contribution in [1.82, 2.24) is 14.2 Å². The van der Waals surface area contributed by atoms with E-state index in [-0.39, 0.29) is 53.2 Å². The zero-order chi connectivity index (χ0) is 40.1. The molecule has 17 heteroatoms. The number of nitrogens with zero attached hydrogens (tertiary/aromatic N) is 6. The predicted molar refractivity (Wildman–Crippen MR) is 195 cm³/mol. The molecule has 0 radical (unpaired) electrons. The van der Waals surface area contributed by atoms with Crippen LogP contribution in [0, 0.1) is 23.3 Å². The molecule has 55 heavy (non-hydrogen) atoms. The van der Waals surface area contributed by atoms with E-state index in [1.807, 2.05) is 0 Å². The van der Waals surface area contributed by atoms with Crippen molar-refractivity contribution < 1.29 is 40.3 Å². The molecule has 2 heterocycles. The Morgan fingerprint density at radius 2 is 1.62 bits per heavy atom. The van der Waals surface area contributed by atoms with Crippen LogP contribution in [0.5, 0.6) is 0 Å². The minimum Gasteiger partial charge on any atom is -0.444 e. The van der Waals surface area contributed by atoms with Gasteiger partial charge in [0.05, 0.1) is 23.0 Å². The highest BCUT2D eigenvalue weighted by molar-refractivity contribution is 7.89. The summed E-state index contributed by atoms with van der Waals surface area (Å²) in [6.07, 6.45) is 1.18. The lowest BCUT2D eigenvalue weighted by atomic mass is 9.84. The van der Waals surface area contributed by atoms with Gasteiger partial charge in [-0.2, -0.15) is 4.31 Å². The molecule has 1 fully saturated rings. The molecular formula is C38H39F4N7O5S. The molecule has 1 aliphatic rings. The van der Waals surface area contributed by atoms with Gasteiger partial charge in [-0.15, -0.1) is 0 Å². The van der Waals surface area contributed by atoms with Crippen LogP contribution in [0.25, 0.3) is 10.4 Å². The molecular weight excluding hydrogens is 743 g/mol. The molecule has 4 aromatic rings. The van der Waals surface area contributed by atoms with E-state index in [4.69, 9.17) is 4.74 Å². The zero-order valence-corrected chi connectivity index (χ0v) is 31.2. The van der Waals surface area contributed by atoms with Crippen molar-refractivity contribution in [2.45, 2.75) is 75.1 Å². The van der Waals surface area contributed by atoms with Crippen LogP contribution in [-0.2, 0) is 26.0 Å². The second kappa shape index (κ2) is 16.9. The van der Waals surface area contributed by atoms with Gasteiger partial charge in [0.2, 0.25) is 15.9 Å². The fourth-order valence-electron chi connectivity index (χ4n) is 6.66. The van der Waals surface area contributed by atoms with Crippen molar-refractivity contribution >= 4 is 27.7 Å². The van der Waals surface area contributed by atoms with E-state index in [0.717, 1.165) is 36.7 Å². The van der Waals surface area contributed by atoms with Crippen molar-refractivity contribution in [3.8, 4) is 0 Å². The van der Waals surface area contributed by atoms with Crippen LogP contribution in [0.4, 0.5) is 28.0 Å². The SMILES string of the molecule is C[C@@H]1CN(C(=O)OC(C)(C)C)C[C@H](CCc2c(F)cncc2NC(=O)C(N=[N+]=[N-])[C@@H](c2ccc(F)cc2)c2cc(F)cc(F)c2)N1S(=O)(=O)c1ccccc1. The van der Waals surface area contributed by atoms with Gasteiger partial charge >= 0.3 is 6.09 Å². The first kappa shape index (κ1) is 40.7. The summed E-state index contributed by atoms with van der Waals surface area (Å²) in [5.41, 5.74) is 8.50. The van der Waals surface area contributed by atoms with E-state index in [1.54, 1.807) is 45.9 Å². The van der Waals surface area contributed by atoms with E-state index >= 15 is 4.39 Å². The van der Waals surface area contributed by atoms with Crippen LogP contribution >= 0.6 is 0 Å². The molecule has 0 aliphatic carbocycles. The predicted octanol–water partition coefficient (Wildman–Crippen LogP) is 7.72. The second-order valence-corrected chi connectivity index (χ2v) is 15.9. The molecule has 3 aromatic carbocycles. The second-order valence-electron chi connectivity index (χ2n) is 14.1. The topological polar surface area (TPSA) is 158 Å². The molecule has 0 spiro atoms. The summed E-state index contributed by atoms with van der Waals surface area (Å²) in [6.45, 7) is 6.69. The van der Waals surface area contributed by atoms with Crippen LogP contribution in [0.15, 0.2) is 95.2 Å². The molecule has 1 aromatic heterocycles. The van der Waals surface area contributed by atoms with Crippen LogP contribution in [0.3, 0.4) is 0 Å². The van der Waals surface area contributed by atoms with Gasteiger partial charge < -0.3 is 15.0 Å². The van der Waals surface area contributed by atoms with Crippen LogP contribution < -0.4 is 5.32 Å². The summed E-state index contributed by atoms with van der Waals surface area (Å²) in [5, 5.41) is 6.17. The first-order valence-electron chi connectivity index (χ1n) is 17.2. The third-order valence-electron chi connectivity index (χ3n) is 8.90. The van der Waals surface area contributed by atoms with Gasteiger partial charge in [0, 0.05) is 47.6 Å². The molecule has 1 N–H and O–H groups in total. The fraction of sp³-hybridized carbons (Fsp3) is 0.342. The maximum absolute atomic E-state index is 15.7. The molecule has 1 aliphatic heterocycles. The number of hydrogen-bond acceptors (Lipinski definition) is 7. The number of hydrogen-bond donors (Lipinski definition) is 1. The smallest absolute Gasteiger partial charge is 0.410 e. The lowest BCUT2D eigenvalue weighted by Crippen LogP contribution is -2.61. The van der Waals surface area contributed by atoms with Gasteiger partial charge in [0.1, 0.15) is 34.9 Å². The maximum Gasteiger partial charge on any atom is 0.410 e. The largest absolute Gasteiger partial charge is 0.444 e. The standard InChI is InChI=1S/C38H39F4N7O5S/c1-23-21-48(37(51)54-38(2,3)4)22-29(49(23)55(52,53)30-8-6-5-7-9-30)14-15-31-32(42)19-44-20-33(31)45-36(50)35(46-47-43)34(24-10-12-26(39)13-11-24)25-16-27(40)18-28(41)17-25/h5-13,16-20,23,29,34-35H,14-15,21-22H2,1-4H3,(H,45,50)/t23-,29+,34+,35?/m1/s1. The van der Waals surface area contributed by atoms with E-state index in [0.29, 0.717) is 6.07 Å². The number of halogens is 4. The molecule has 1 unspecified atom stereocenters. The number of carbonyl (C=O) groups is 2. The lowest BCUT2D eigenvalue weighted by Gasteiger charge is -2.44. The van der Waals surface area contributed by atoms with E-state index < -0.39 is 74.9 Å². The minimum absolute atomic E-state index is 0.0215. The Labute approximate surface area is 315 Å². The summed E-state index contributed by atoms with van der Waals surface area (Å²) < 4.78 is 93.4. The van der Waals surface area contributed by atoms with Crippen molar-refractivity contribution in [3.05, 3.63) is 136 Å². The highest BCUT2D eigenvalue weighted by Crippen LogP contribution is 2.34. The summed E-state index contributed by atoms with van der Waals surface area (Å²) >= 11 is 0. The van der Waals surface area contributed by atoms with Gasteiger partial charge in [-0.3, -0.25) is 9.78 Å². The summed E-state index contributed by atoms with van der Waals surface area (Å²) in [7, 11) is -4.12. The first-order valence-corrected chi connectivity index (χ1v) is 18.7. The summed E-state index contributed by atoms with van der Waals surface area (Å²) in [4.78, 5) is 35.2. The van der Waals surface area contributed by atoms with Crippen molar-refractivity contribution in [2.75, 3.05) is 18.4 Å². The third-order valence-corrected chi connectivity index (χ3v) is 11.0. The van der Waals surface area contributed by atoms with E-state index in [2.05, 4.69) is 20.3 Å². The number of nitrogens with one attached hydrogen (secondary N) is 1. The Morgan fingerprint density at radius 3 is 2.24 bits per heavy atom. The molecule has 5 rings (SSSR count). The number of anilines is 1. The molecule has 2 amide bonds. The van der Waals surface area contributed by atoms with Crippen LogP contribution in [0.2, 0.25) is 0 Å². The highest BCUT2D eigenvalue weighted by Gasteiger charge is 2.43. The average molecular weight is 782 g/mol. The number of carbonyl (C=O) groups excluding carboxylic acids is 2. The number of ether oxygens (including phenoxy) is 1. The Balaban J connectivity index is 1.48. The molecule has 0 bridgehead atoms. The average Bonchev–Trinajstić information content (AvgIpc) is 3.11. The van der Waals surface area contributed by atoms with Gasteiger partial charge in [-0.25, -0.2) is 30.8 Å². The molecule has 0 saturated carbocycles.